The third-order valence-corrected chi connectivity index (χ3v) is 3.68. The van der Waals surface area contributed by atoms with Crippen molar-refractivity contribution in [2.24, 2.45) is 5.92 Å². The van der Waals surface area contributed by atoms with Crippen LogP contribution in [0, 0.1) is 5.92 Å². The molecular formula is C13H17ClN2O. The van der Waals surface area contributed by atoms with Crippen molar-refractivity contribution in [2.45, 2.75) is 25.7 Å². The van der Waals surface area contributed by atoms with Crippen LogP contribution >= 0.6 is 11.6 Å². The molecule has 3 nitrogen and oxygen atoms in total. The molecule has 0 N–H and O–H groups in total. The zero-order valence-corrected chi connectivity index (χ0v) is 10.8. The summed E-state index contributed by atoms with van der Waals surface area (Å²) in [5.74, 6) is 0.620. The second-order valence-electron chi connectivity index (χ2n) is 4.69. The maximum absolute atomic E-state index is 12.2. The fourth-order valence-electron chi connectivity index (χ4n) is 2.40. The van der Waals surface area contributed by atoms with Crippen molar-refractivity contribution in [3.05, 3.63) is 29.0 Å². The summed E-state index contributed by atoms with van der Waals surface area (Å²) in [5.41, 5.74) is 0.495. The fourth-order valence-corrected chi connectivity index (χ4v) is 2.59. The van der Waals surface area contributed by atoms with Gasteiger partial charge in [0.25, 0.3) is 5.91 Å². The maximum Gasteiger partial charge on any atom is 0.256 e. The SMILES string of the molecule is CN(CC1CCCC1)C(=O)c1cnccc1Cl. The van der Waals surface area contributed by atoms with E-state index in [9.17, 15) is 4.79 Å². The first-order chi connectivity index (χ1) is 8.18. The number of amides is 1. The van der Waals surface area contributed by atoms with Crippen LogP contribution in [0.25, 0.3) is 0 Å². The van der Waals surface area contributed by atoms with Crippen LogP contribution in [0.3, 0.4) is 0 Å². The second kappa shape index (κ2) is 5.50. The van der Waals surface area contributed by atoms with Gasteiger partial charge in [0.15, 0.2) is 0 Å². The largest absolute Gasteiger partial charge is 0.341 e. The summed E-state index contributed by atoms with van der Waals surface area (Å²) in [6.07, 6.45) is 8.18. The van der Waals surface area contributed by atoms with E-state index in [1.54, 1.807) is 17.2 Å². The van der Waals surface area contributed by atoms with E-state index in [1.165, 1.54) is 31.9 Å². The highest BCUT2D eigenvalue weighted by atomic mass is 35.5. The molecule has 1 aliphatic carbocycles. The van der Waals surface area contributed by atoms with Crippen molar-refractivity contribution in [1.82, 2.24) is 9.88 Å². The van der Waals surface area contributed by atoms with Crippen molar-refractivity contribution in [3.8, 4) is 0 Å². The van der Waals surface area contributed by atoms with Gasteiger partial charge in [-0.25, -0.2) is 0 Å². The lowest BCUT2D eigenvalue weighted by Gasteiger charge is -2.21. The molecule has 1 aromatic heterocycles. The third-order valence-electron chi connectivity index (χ3n) is 3.35. The van der Waals surface area contributed by atoms with E-state index in [1.807, 2.05) is 7.05 Å². The van der Waals surface area contributed by atoms with Gasteiger partial charge in [0.05, 0.1) is 10.6 Å². The summed E-state index contributed by atoms with van der Waals surface area (Å²) >= 11 is 5.99. The molecule has 0 saturated heterocycles. The number of pyridine rings is 1. The van der Waals surface area contributed by atoms with Crippen LogP contribution in [-0.4, -0.2) is 29.4 Å². The molecular weight excluding hydrogens is 236 g/mol. The molecule has 92 valence electrons. The van der Waals surface area contributed by atoms with Gasteiger partial charge in [0.2, 0.25) is 0 Å². The number of hydrogen-bond acceptors (Lipinski definition) is 2. The highest BCUT2D eigenvalue weighted by Crippen LogP contribution is 2.26. The minimum atomic E-state index is -0.0324. The van der Waals surface area contributed by atoms with Crippen LogP contribution < -0.4 is 0 Å². The Kier molecular flexibility index (Phi) is 4.00. The van der Waals surface area contributed by atoms with Gasteiger partial charge in [0, 0.05) is 26.0 Å². The van der Waals surface area contributed by atoms with Crippen LogP contribution in [0.5, 0.6) is 0 Å². The lowest BCUT2D eigenvalue weighted by Crippen LogP contribution is -2.31. The summed E-state index contributed by atoms with van der Waals surface area (Å²) in [4.78, 5) is 17.9. The van der Waals surface area contributed by atoms with Gasteiger partial charge in [-0.1, -0.05) is 24.4 Å². The zero-order chi connectivity index (χ0) is 12.3. The molecule has 2 rings (SSSR count). The quantitative estimate of drug-likeness (QED) is 0.829. The average Bonchev–Trinajstić information content (AvgIpc) is 2.81. The Balaban J connectivity index is 2.01. The minimum Gasteiger partial charge on any atom is -0.341 e. The van der Waals surface area contributed by atoms with E-state index in [4.69, 9.17) is 11.6 Å². The molecule has 0 spiro atoms. The Bertz CT molecular complexity index is 402. The smallest absolute Gasteiger partial charge is 0.256 e. The summed E-state index contributed by atoms with van der Waals surface area (Å²) in [7, 11) is 1.84. The maximum atomic E-state index is 12.2. The first kappa shape index (κ1) is 12.4. The van der Waals surface area contributed by atoms with Crippen LogP contribution in [-0.2, 0) is 0 Å². The molecule has 0 bridgehead atoms. The normalized spacial score (nSPS) is 16.1. The van der Waals surface area contributed by atoms with E-state index in [0.29, 0.717) is 16.5 Å². The van der Waals surface area contributed by atoms with Crippen molar-refractivity contribution >= 4 is 17.5 Å². The van der Waals surface area contributed by atoms with Gasteiger partial charge in [0.1, 0.15) is 0 Å². The van der Waals surface area contributed by atoms with Crippen LogP contribution in [0.15, 0.2) is 18.5 Å². The summed E-state index contributed by atoms with van der Waals surface area (Å²) in [6.45, 7) is 0.823. The van der Waals surface area contributed by atoms with Crippen molar-refractivity contribution in [1.29, 1.82) is 0 Å². The van der Waals surface area contributed by atoms with E-state index < -0.39 is 0 Å². The Hall–Kier alpha value is -1.09. The second-order valence-corrected chi connectivity index (χ2v) is 5.10. The molecule has 1 saturated carbocycles. The number of halogens is 1. The van der Waals surface area contributed by atoms with Crippen molar-refractivity contribution in [2.75, 3.05) is 13.6 Å². The molecule has 1 heterocycles. The predicted molar refractivity (Wildman–Crippen MR) is 68.2 cm³/mol. The van der Waals surface area contributed by atoms with Gasteiger partial charge in [-0.15, -0.1) is 0 Å². The van der Waals surface area contributed by atoms with Gasteiger partial charge in [-0.2, -0.15) is 0 Å². The Labute approximate surface area is 107 Å². The molecule has 0 unspecified atom stereocenters. The number of carbonyl (C=O) groups is 1. The summed E-state index contributed by atoms with van der Waals surface area (Å²) in [6, 6.07) is 1.65. The molecule has 0 radical (unpaired) electrons. The molecule has 4 heteroatoms. The van der Waals surface area contributed by atoms with Gasteiger partial charge >= 0.3 is 0 Å². The molecule has 0 aromatic carbocycles. The van der Waals surface area contributed by atoms with Gasteiger partial charge in [-0.3, -0.25) is 9.78 Å². The zero-order valence-electron chi connectivity index (χ0n) is 10.0. The Morgan fingerprint density at radius 3 is 2.88 bits per heavy atom. The molecule has 1 aliphatic rings. The van der Waals surface area contributed by atoms with Crippen molar-refractivity contribution in [3.63, 3.8) is 0 Å². The summed E-state index contributed by atoms with van der Waals surface area (Å²) in [5, 5.41) is 0.475. The Morgan fingerprint density at radius 2 is 2.24 bits per heavy atom. The van der Waals surface area contributed by atoms with Gasteiger partial charge in [-0.05, 0) is 24.8 Å². The third kappa shape index (κ3) is 2.97. The minimum absolute atomic E-state index is 0.0324. The average molecular weight is 253 g/mol. The highest BCUT2D eigenvalue weighted by Gasteiger charge is 2.21. The first-order valence-electron chi connectivity index (χ1n) is 6.03. The number of nitrogens with zero attached hydrogens (tertiary/aromatic N) is 2. The Morgan fingerprint density at radius 1 is 1.53 bits per heavy atom. The van der Waals surface area contributed by atoms with Crippen LogP contribution in [0.4, 0.5) is 0 Å². The summed E-state index contributed by atoms with van der Waals surface area (Å²) < 4.78 is 0. The molecule has 0 atom stereocenters. The standard InChI is InChI=1S/C13H17ClN2O/c1-16(9-10-4-2-3-5-10)13(17)11-8-15-7-6-12(11)14/h6-8,10H,2-5,9H2,1H3. The first-order valence-corrected chi connectivity index (χ1v) is 6.41. The number of hydrogen-bond donors (Lipinski definition) is 0. The van der Waals surface area contributed by atoms with Crippen LogP contribution in [0.1, 0.15) is 36.0 Å². The van der Waals surface area contributed by atoms with E-state index in [2.05, 4.69) is 4.98 Å². The molecule has 0 aliphatic heterocycles. The number of aromatic nitrogens is 1. The van der Waals surface area contributed by atoms with Crippen LogP contribution in [0.2, 0.25) is 5.02 Å². The topological polar surface area (TPSA) is 33.2 Å². The van der Waals surface area contributed by atoms with E-state index in [-0.39, 0.29) is 5.91 Å². The highest BCUT2D eigenvalue weighted by molar-refractivity contribution is 6.33. The monoisotopic (exact) mass is 252 g/mol. The van der Waals surface area contributed by atoms with Gasteiger partial charge < -0.3 is 4.90 Å². The van der Waals surface area contributed by atoms with Crippen molar-refractivity contribution < 1.29 is 4.79 Å². The number of carbonyl (C=O) groups excluding carboxylic acids is 1. The number of rotatable bonds is 3. The molecule has 1 amide bonds. The lowest BCUT2D eigenvalue weighted by atomic mass is 10.1. The fraction of sp³-hybridized carbons (Fsp3) is 0.538. The predicted octanol–water partition coefficient (Wildman–Crippen LogP) is 3.00. The lowest BCUT2D eigenvalue weighted by molar-refractivity contribution is 0.0773. The molecule has 17 heavy (non-hydrogen) atoms. The van der Waals surface area contributed by atoms with E-state index in [0.717, 1.165) is 6.54 Å². The van der Waals surface area contributed by atoms with E-state index >= 15 is 0 Å². The molecule has 1 fully saturated rings. The molecule has 1 aromatic rings.